The number of carbonyl (C=O) groups excluding carboxylic acids is 1. The van der Waals surface area contributed by atoms with Crippen LogP contribution in [0.25, 0.3) is 22.4 Å². The fraction of sp³-hybridized carbons (Fsp3) is 0.267. The zero-order valence-electron chi connectivity index (χ0n) is 24.2. The maximum atomic E-state index is 13.0. The lowest BCUT2D eigenvalue weighted by atomic mass is 9.82. The molecule has 0 aliphatic carbocycles. The number of hydrogen-bond donors (Lipinski definition) is 2. The van der Waals surface area contributed by atoms with E-state index in [1.165, 1.54) is 27.4 Å². The van der Waals surface area contributed by atoms with Crippen LogP contribution in [0.1, 0.15) is 23.0 Å². The van der Waals surface area contributed by atoms with Gasteiger partial charge in [-0.3, -0.25) is 28.8 Å². The summed E-state index contributed by atoms with van der Waals surface area (Å²) in [5.74, 6) is -1.27. The Morgan fingerprint density at radius 2 is 1.68 bits per heavy atom. The standard InChI is InChI=1S/C30H28Cl2N6O6/c1-30(28(41)42)14-38(15-30)13-22-26(44-4)35-21(11-33-22)18-9-5-7-16(23(18)31)17-8-6-10-20(24(17)32)34-25(39)19-12-36(2)29(43)37(3)27(19)40/h5-12H,13-15H2,1-4H3,(H,34,39)(H,41,42). The van der Waals surface area contributed by atoms with Gasteiger partial charge in [0.1, 0.15) is 11.3 Å². The summed E-state index contributed by atoms with van der Waals surface area (Å²) in [6.45, 7) is 2.88. The van der Waals surface area contributed by atoms with Crippen molar-refractivity contribution in [2.75, 3.05) is 25.5 Å². The Morgan fingerprint density at radius 3 is 2.34 bits per heavy atom. The first kappa shape index (κ1) is 30.9. The number of aliphatic carboxylic acids is 1. The van der Waals surface area contributed by atoms with Gasteiger partial charge in [-0.15, -0.1) is 0 Å². The highest BCUT2D eigenvalue weighted by Crippen LogP contribution is 2.41. The molecule has 5 rings (SSSR count). The van der Waals surface area contributed by atoms with E-state index in [0.717, 1.165) is 9.13 Å². The number of likely N-dealkylation sites (tertiary alicyclic amines) is 1. The normalized spacial score (nSPS) is 14.1. The van der Waals surface area contributed by atoms with Crippen molar-refractivity contribution in [1.82, 2.24) is 24.0 Å². The Hall–Kier alpha value is -4.52. The highest BCUT2D eigenvalue weighted by atomic mass is 35.5. The van der Waals surface area contributed by atoms with E-state index in [-0.39, 0.29) is 16.3 Å². The number of anilines is 1. The first-order chi connectivity index (χ1) is 20.8. The molecular formula is C30H28Cl2N6O6. The van der Waals surface area contributed by atoms with Crippen LogP contribution in [0.4, 0.5) is 5.69 Å². The molecule has 1 aliphatic rings. The molecule has 4 aromatic rings. The number of carboxylic acids is 1. The minimum Gasteiger partial charge on any atom is -0.481 e. The van der Waals surface area contributed by atoms with Crippen molar-refractivity contribution in [3.63, 3.8) is 0 Å². The SMILES string of the molecule is COc1nc(-c2cccc(-c3cccc(NC(=O)c4cn(C)c(=O)n(C)c4=O)c3Cl)c2Cl)cnc1CN1CC(C)(C(=O)O)C1. The van der Waals surface area contributed by atoms with Crippen molar-refractivity contribution in [3.8, 4) is 28.3 Å². The molecular weight excluding hydrogens is 611 g/mol. The molecule has 2 N–H and O–H groups in total. The quantitative estimate of drug-likeness (QED) is 0.295. The van der Waals surface area contributed by atoms with Gasteiger partial charge in [0.2, 0.25) is 5.88 Å². The van der Waals surface area contributed by atoms with Crippen LogP contribution in [0.15, 0.2) is 58.4 Å². The molecule has 1 amide bonds. The van der Waals surface area contributed by atoms with E-state index >= 15 is 0 Å². The summed E-state index contributed by atoms with van der Waals surface area (Å²) < 4.78 is 7.50. The zero-order chi connectivity index (χ0) is 31.9. The summed E-state index contributed by atoms with van der Waals surface area (Å²) in [6.07, 6.45) is 2.75. The van der Waals surface area contributed by atoms with Gasteiger partial charge in [0.15, 0.2) is 0 Å². The van der Waals surface area contributed by atoms with Gasteiger partial charge in [0, 0.05) is 56.6 Å². The molecule has 3 heterocycles. The number of nitrogens with one attached hydrogen (secondary N) is 1. The van der Waals surface area contributed by atoms with Crippen molar-refractivity contribution in [2.24, 2.45) is 19.5 Å². The van der Waals surface area contributed by atoms with E-state index in [0.29, 0.717) is 58.6 Å². The number of aromatic nitrogens is 4. The van der Waals surface area contributed by atoms with Crippen LogP contribution in [0.3, 0.4) is 0 Å². The van der Waals surface area contributed by atoms with Gasteiger partial charge in [-0.1, -0.05) is 53.5 Å². The third kappa shape index (κ3) is 5.59. The lowest BCUT2D eigenvalue weighted by Crippen LogP contribution is -2.58. The van der Waals surface area contributed by atoms with E-state index < -0.39 is 28.5 Å². The Balaban J connectivity index is 1.43. The number of rotatable bonds is 8. The second-order valence-corrected chi connectivity index (χ2v) is 11.6. The predicted molar refractivity (Wildman–Crippen MR) is 165 cm³/mol. The van der Waals surface area contributed by atoms with Crippen LogP contribution in [0, 0.1) is 5.41 Å². The highest BCUT2D eigenvalue weighted by Gasteiger charge is 2.45. The number of amides is 1. The molecule has 0 radical (unpaired) electrons. The summed E-state index contributed by atoms with van der Waals surface area (Å²) >= 11 is 13.6. The average molecular weight is 639 g/mol. The van der Waals surface area contributed by atoms with Crippen molar-refractivity contribution in [2.45, 2.75) is 13.5 Å². The molecule has 0 bridgehead atoms. The van der Waals surface area contributed by atoms with Crippen LogP contribution in [0.5, 0.6) is 5.88 Å². The molecule has 228 valence electrons. The molecule has 0 unspecified atom stereocenters. The summed E-state index contributed by atoms with van der Waals surface area (Å²) in [6, 6.07) is 10.3. The van der Waals surface area contributed by atoms with E-state index in [1.807, 2.05) is 4.90 Å². The highest BCUT2D eigenvalue weighted by molar-refractivity contribution is 6.39. The average Bonchev–Trinajstić information content (AvgIpc) is 2.98. The smallest absolute Gasteiger partial charge is 0.330 e. The molecule has 0 atom stereocenters. The summed E-state index contributed by atoms with van der Waals surface area (Å²) in [4.78, 5) is 60.1. The van der Waals surface area contributed by atoms with E-state index in [2.05, 4.69) is 15.3 Å². The van der Waals surface area contributed by atoms with E-state index in [4.69, 9.17) is 27.9 Å². The second-order valence-electron chi connectivity index (χ2n) is 10.8. The van der Waals surface area contributed by atoms with Crippen LogP contribution >= 0.6 is 23.2 Å². The number of benzene rings is 2. The van der Waals surface area contributed by atoms with Crippen molar-refractivity contribution in [3.05, 3.63) is 90.9 Å². The van der Waals surface area contributed by atoms with Gasteiger partial charge in [0.25, 0.3) is 11.5 Å². The fourth-order valence-corrected chi connectivity index (χ4v) is 5.73. The number of carboxylic acid groups (broad SMARTS) is 1. The van der Waals surface area contributed by atoms with Gasteiger partial charge < -0.3 is 19.7 Å². The van der Waals surface area contributed by atoms with E-state index in [9.17, 15) is 24.3 Å². The lowest BCUT2D eigenvalue weighted by molar-refractivity contribution is -0.159. The zero-order valence-corrected chi connectivity index (χ0v) is 25.7. The largest absolute Gasteiger partial charge is 0.481 e. The molecule has 2 aromatic carbocycles. The Kier molecular flexibility index (Phi) is 8.34. The third-order valence-corrected chi connectivity index (χ3v) is 8.36. The van der Waals surface area contributed by atoms with Gasteiger partial charge >= 0.3 is 11.7 Å². The molecule has 0 spiro atoms. The van der Waals surface area contributed by atoms with Crippen molar-refractivity contribution >= 4 is 40.8 Å². The number of aryl methyl sites for hydroxylation is 1. The maximum absolute atomic E-state index is 13.0. The van der Waals surface area contributed by atoms with Crippen molar-refractivity contribution < 1.29 is 19.4 Å². The minimum absolute atomic E-state index is 0.184. The second kappa shape index (κ2) is 11.9. The summed E-state index contributed by atoms with van der Waals surface area (Å²) in [5.41, 5.74) is 0.578. The van der Waals surface area contributed by atoms with Gasteiger partial charge in [-0.25, -0.2) is 9.78 Å². The monoisotopic (exact) mass is 638 g/mol. The van der Waals surface area contributed by atoms with Gasteiger partial charge in [0.05, 0.1) is 40.1 Å². The number of nitrogens with zero attached hydrogens (tertiary/aromatic N) is 5. The van der Waals surface area contributed by atoms with Gasteiger partial charge in [-0.05, 0) is 13.0 Å². The summed E-state index contributed by atoms with van der Waals surface area (Å²) in [5, 5.41) is 12.6. The Bertz CT molecular complexity index is 1930. The Morgan fingerprint density at radius 1 is 1.05 bits per heavy atom. The number of hydrogen-bond acceptors (Lipinski definition) is 8. The van der Waals surface area contributed by atoms with Crippen molar-refractivity contribution in [1.29, 1.82) is 0 Å². The molecule has 44 heavy (non-hydrogen) atoms. The first-order valence-corrected chi connectivity index (χ1v) is 14.1. The van der Waals surface area contributed by atoms with Crippen LogP contribution in [-0.2, 0) is 25.4 Å². The molecule has 0 saturated carbocycles. The van der Waals surface area contributed by atoms with Crippen LogP contribution in [-0.4, -0.2) is 61.2 Å². The minimum atomic E-state index is -0.834. The molecule has 1 saturated heterocycles. The molecule has 1 aliphatic heterocycles. The predicted octanol–water partition coefficient (Wildman–Crippen LogP) is 3.68. The number of ether oxygens (including phenoxy) is 1. The van der Waals surface area contributed by atoms with Crippen LogP contribution < -0.4 is 21.3 Å². The molecule has 14 heteroatoms. The molecule has 12 nitrogen and oxygen atoms in total. The van der Waals surface area contributed by atoms with Crippen LogP contribution in [0.2, 0.25) is 10.0 Å². The maximum Gasteiger partial charge on any atom is 0.330 e. The Labute approximate surface area is 261 Å². The lowest BCUT2D eigenvalue weighted by Gasteiger charge is -2.44. The summed E-state index contributed by atoms with van der Waals surface area (Å²) in [7, 11) is 4.22. The topological polar surface area (TPSA) is 149 Å². The number of carbonyl (C=O) groups is 2. The molecule has 2 aromatic heterocycles. The number of halogens is 2. The fourth-order valence-electron chi connectivity index (χ4n) is 5.13. The number of methoxy groups -OCH3 is 1. The molecule has 1 fully saturated rings. The van der Waals surface area contributed by atoms with Gasteiger partial charge in [-0.2, -0.15) is 0 Å². The first-order valence-electron chi connectivity index (χ1n) is 13.4. The van der Waals surface area contributed by atoms with E-state index in [1.54, 1.807) is 49.5 Å². The third-order valence-electron chi connectivity index (χ3n) is 7.54.